The number of benzene rings is 1. The zero-order valence-electron chi connectivity index (χ0n) is 16.1. The van der Waals surface area contributed by atoms with Crippen molar-refractivity contribution in [2.24, 2.45) is 0 Å². The van der Waals surface area contributed by atoms with Crippen molar-refractivity contribution in [3.63, 3.8) is 0 Å². The molecule has 0 aliphatic carbocycles. The summed E-state index contributed by atoms with van der Waals surface area (Å²) in [5.41, 5.74) is -1.41. The van der Waals surface area contributed by atoms with Gasteiger partial charge in [0.15, 0.2) is 5.82 Å². The highest BCUT2D eigenvalue weighted by Gasteiger charge is 2.39. The molecule has 1 aliphatic rings. The average Bonchev–Trinajstić information content (AvgIpc) is 3.11. The number of sulfonamides is 1. The molecular weight excluding hydrogens is 431 g/mol. The molecule has 0 bridgehead atoms. The van der Waals surface area contributed by atoms with Crippen LogP contribution in [0.2, 0.25) is 5.02 Å². The zero-order valence-corrected chi connectivity index (χ0v) is 17.7. The van der Waals surface area contributed by atoms with Gasteiger partial charge in [0.25, 0.3) is 0 Å². The van der Waals surface area contributed by atoms with Gasteiger partial charge in [-0.3, -0.25) is 0 Å². The van der Waals surface area contributed by atoms with E-state index < -0.39 is 38.2 Å². The monoisotopic (exact) mass is 451 g/mol. The molecule has 0 spiro atoms. The number of hydrogen-bond donors (Lipinski definition) is 0. The highest BCUT2D eigenvalue weighted by Crippen LogP contribution is 2.38. The van der Waals surface area contributed by atoms with E-state index in [1.165, 1.54) is 4.31 Å². The molecule has 2 heterocycles. The van der Waals surface area contributed by atoms with Crippen LogP contribution in [0.25, 0.3) is 0 Å². The first-order valence-corrected chi connectivity index (χ1v) is 10.9. The van der Waals surface area contributed by atoms with Gasteiger partial charge in [0.1, 0.15) is 4.90 Å². The molecule has 1 unspecified atom stereocenters. The fraction of sp³-hybridized carbons (Fsp3) is 0.556. The van der Waals surface area contributed by atoms with Crippen molar-refractivity contribution in [2.75, 3.05) is 6.54 Å². The Kier molecular flexibility index (Phi) is 5.74. The molecule has 0 amide bonds. The van der Waals surface area contributed by atoms with Crippen molar-refractivity contribution in [1.82, 2.24) is 14.4 Å². The largest absolute Gasteiger partial charge is 0.416 e. The first-order chi connectivity index (χ1) is 13.3. The van der Waals surface area contributed by atoms with Gasteiger partial charge in [0.05, 0.1) is 16.6 Å². The number of aromatic nitrogens is 2. The van der Waals surface area contributed by atoms with E-state index >= 15 is 0 Å². The molecule has 0 radical (unpaired) electrons. The normalized spacial score (nSPS) is 19.5. The van der Waals surface area contributed by atoms with Gasteiger partial charge >= 0.3 is 6.18 Å². The van der Waals surface area contributed by atoms with Crippen LogP contribution in [0.15, 0.2) is 27.6 Å². The quantitative estimate of drug-likeness (QED) is 0.659. The van der Waals surface area contributed by atoms with E-state index in [1.54, 1.807) is 0 Å². The van der Waals surface area contributed by atoms with E-state index in [0.29, 0.717) is 30.9 Å². The minimum atomic E-state index is -4.62. The van der Waals surface area contributed by atoms with Crippen molar-refractivity contribution < 1.29 is 26.1 Å². The molecule has 0 N–H and O–H groups in total. The molecule has 2 aromatic rings. The number of piperidine rings is 1. The summed E-state index contributed by atoms with van der Waals surface area (Å²) in [7, 11) is -4.17. The lowest BCUT2D eigenvalue weighted by Gasteiger charge is -2.33. The van der Waals surface area contributed by atoms with Crippen LogP contribution >= 0.6 is 11.6 Å². The van der Waals surface area contributed by atoms with Crippen LogP contribution in [0.4, 0.5) is 13.2 Å². The lowest BCUT2D eigenvalue weighted by atomic mass is 9.97. The fourth-order valence-electron chi connectivity index (χ4n) is 3.14. The SMILES string of the molecule is CC(C)(C)c1nc(C2CCCCN2S(=O)(=O)c2ccc(C(F)(F)F)cc2Cl)no1. The molecular formula is C18H21ClF3N3O3S. The Morgan fingerprint density at radius 2 is 1.90 bits per heavy atom. The molecule has 1 saturated heterocycles. The average molecular weight is 452 g/mol. The third kappa shape index (κ3) is 4.44. The first-order valence-electron chi connectivity index (χ1n) is 9.04. The summed E-state index contributed by atoms with van der Waals surface area (Å²) in [6.07, 6.45) is -2.77. The zero-order chi connectivity index (χ0) is 21.6. The Bertz CT molecular complexity index is 1000. The topological polar surface area (TPSA) is 76.3 Å². The van der Waals surface area contributed by atoms with Crippen LogP contribution in [0.1, 0.15) is 63.4 Å². The summed E-state index contributed by atoms with van der Waals surface area (Å²) >= 11 is 5.94. The smallest absolute Gasteiger partial charge is 0.339 e. The summed E-state index contributed by atoms with van der Waals surface area (Å²) in [4.78, 5) is 3.99. The van der Waals surface area contributed by atoms with Crippen LogP contribution in [-0.2, 0) is 21.6 Å². The van der Waals surface area contributed by atoms with Gasteiger partial charge in [-0.1, -0.05) is 43.9 Å². The third-order valence-electron chi connectivity index (χ3n) is 4.68. The Balaban J connectivity index is 1.99. The number of rotatable bonds is 3. The highest BCUT2D eigenvalue weighted by atomic mass is 35.5. The van der Waals surface area contributed by atoms with Crippen molar-refractivity contribution in [1.29, 1.82) is 0 Å². The molecule has 1 fully saturated rings. The molecule has 11 heteroatoms. The maximum absolute atomic E-state index is 13.2. The summed E-state index contributed by atoms with van der Waals surface area (Å²) in [6, 6.07) is 1.55. The summed E-state index contributed by atoms with van der Waals surface area (Å²) in [5, 5.41) is 3.48. The molecule has 1 atom stereocenters. The molecule has 160 valence electrons. The molecule has 1 aliphatic heterocycles. The van der Waals surface area contributed by atoms with Crippen molar-refractivity contribution in [3.8, 4) is 0 Å². The number of alkyl halides is 3. The van der Waals surface area contributed by atoms with Crippen LogP contribution in [-0.4, -0.2) is 29.4 Å². The molecule has 0 saturated carbocycles. The van der Waals surface area contributed by atoms with Crippen LogP contribution in [0.3, 0.4) is 0 Å². The van der Waals surface area contributed by atoms with E-state index in [2.05, 4.69) is 10.1 Å². The third-order valence-corrected chi connectivity index (χ3v) is 7.07. The van der Waals surface area contributed by atoms with Crippen LogP contribution in [0, 0.1) is 0 Å². The van der Waals surface area contributed by atoms with E-state index in [0.717, 1.165) is 12.5 Å². The lowest BCUT2D eigenvalue weighted by molar-refractivity contribution is -0.137. The van der Waals surface area contributed by atoms with E-state index in [9.17, 15) is 21.6 Å². The van der Waals surface area contributed by atoms with Gasteiger partial charge in [0.2, 0.25) is 15.9 Å². The molecule has 1 aromatic heterocycles. The maximum atomic E-state index is 13.2. The van der Waals surface area contributed by atoms with Crippen LogP contribution < -0.4 is 0 Å². The second kappa shape index (κ2) is 7.55. The van der Waals surface area contributed by atoms with E-state index in [-0.39, 0.29) is 17.3 Å². The lowest BCUT2D eigenvalue weighted by Crippen LogP contribution is -2.39. The molecule has 29 heavy (non-hydrogen) atoms. The molecule has 6 nitrogen and oxygen atoms in total. The minimum Gasteiger partial charge on any atom is -0.339 e. The summed E-state index contributed by atoms with van der Waals surface area (Å²) in [6.45, 7) is 5.86. The summed E-state index contributed by atoms with van der Waals surface area (Å²) in [5.74, 6) is 0.615. The predicted molar refractivity (Wildman–Crippen MR) is 99.9 cm³/mol. The maximum Gasteiger partial charge on any atom is 0.416 e. The first kappa shape index (κ1) is 22.0. The van der Waals surface area contributed by atoms with Gasteiger partial charge in [-0.25, -0.2) is 8.42 Å². The Labute approximate surface area is 172 Å². The Morgan fingerprint density at radius 3 is 2.45 bits per heavy atom. The Morgan fingerprint density at radius 1 is 1.21 bits per heavy atom. The number of hydrogen-bond acceptors (Lipinski definition) is 5. The van der Waals surface area contributed by atoms with Gasteiger partial charge in [0, 0.05) is 12.0 Å². The van der Waals surface area contributed by atoms with Gasteiger partial charge in [-0.2, -0.15) is 22.5 Å². The van der Waals surface area contributed by atoms with Crippen molar-refractivity contribution >= 4 is 21.6 Å². The second-order valence-electron chi connectivity index (χ2n) is 7.98. The van der Waals surface area contributed by atoms with Gasteiger partial charge in [-0.05, 0) is 31.0 Å². The van der Waals surface area contributed by atoms with E-state index in [4.69, 9.17) is 16.1 Å². The van der Waals surface area contributed by atoms with E-state index in [1.807, 2.05) is 20.8 Å². The fourth-order valence-corrected chi connectivity index (χ4v) is 5.31. The van der Waals surface area contributed by atoms with Crippen LogP contribution in [0.5, 0.6) is 0 Å². The van der Waals surface area contributed by atoms with Gasteiger partial charge < -0.3 is 4.52 Å². The number of halogens is 4. The minimum absolute atomic E-state index is 0.184. The standard InChI is InChI=1S/C18H21ClF3N3O3S/c1-17(2,3)16-23-15(24-28-16)13-6-4-5-9-25(13)29(26,27)14-8-7-11(10-12(14)19)18(20,21)22/h7-8,10,13H,4-6,9H2,1-3H3. The predicted octanol–water partition coefficient (Wildman–Crippen LogP) is 4.96. The Hall–Kier alpha value is -1.65. The highest BCUT2D eigenvalue weighted by molar-refractivity contribution is 7.89. The van der Waals surface area contributed by atoms with Crippen molar-refractivity contribution in [2.45, 2.75) is 62.6 Å². The van der Waals surface area contributed by atoms with Crippen molar-refractivity contribution in [3.05, 3.63) is 40.5 Å². The second-order valence-corrected chi connectivity index (χ2v) is 10.2. The molecule has 3 rings (SSSR count). The van der Waals surface area contributed by atoms with Gasteiger partial charge in [-0.15, -0.1) is 0 Å². The number of nitrogens with zero attached hydrogens (tertiary/aromatic N) is 3. The summed E-state index contributed by atoms with van der Waals surface area (Å²) < 4.78 is 71.6. The molecule has 1 aromatic carbocycles.